The van der Waals surface area contributed by atoms with Crippen LogP contribution in [0.15, 0.2) is 42.5 Å². The number of anilines is 1. The van der Waals surface area contributed by atoms with Gasteiger partial charge in [-0.05, 0) is 30.3 Å². The third-order valence-electron chi connectivity index (χ3n) is 4.07. The maximum atomic E-state index is 13.8. The lowest BCUT2D eigenvalue weighted by Crippen LogP contribution is -2.50. The van der Waals surface area contributed by atoms with Gasteiger partial charge in [0.25, 0.3) is 5.91 Å². The maximum absolute atomic E-state index is 13.8. The quantitative estimate of drug-likeness (QED) is 0.804. The van der Waals surface area contributed by atoms with Crippen molar-refractivity contribution in [3.63, 3.8) is 0 Å². The summed E-state index contributed by atoms with van der Waals surface area (Å²) >= 11 is 11.9. The van der Waals surface area contributed by atoms with Crippen LogP contribution in [0.5, 0.6) is 5.75 Å². The molecule has 2 aromatic carbocycles. The first-order chi connectivity index (χ1) is 12.0. The summed E-state index contributed by atoms with van der Waals surface area (Å²) in [7, 11) is 0. The summed E-state index contributed by atoms with van der Waals surface area (Å²) in [6.07, 6.45) is 0. The number of piperazine rings is 1. The van der Waals surface area contributed by atoms with Crippen molar-refractivity contribution in [3.8, 4) is 5.75 Å². The van der Waals surface area contributed by atoms with Crippen molar-refractivity contribution in [1.82, 2.24) is 4.90 Å². The van der Waals surface area contributed by atoms with Gasteiger partial charge in [0.2, 0.25) is 0 Å². The molecule has 0 radical (unpaired) electrons. The second-order valence-corrected chi connectivity index (χ2v) is 6.53. The predicted octanol–water partition coefficient (Wildman–Crippen LogP) is 3.86. The number of benzene rings is 2. The molecule has 0 bridgehead atoms. The monoisotopic (exact) mass is 382 g/mol. The molecule has 0 N–H and O–H groups in total. The van der Waals surface area contributed by atoms with Crippen molar-refractivity contribution < 1.29 is 13.9 Å². The fourth-order valence-electron chi connectivity index (χ4n) is 2.73. The minimum absolute atomic E-state index is 0.0962. The van der Waals surface area contributed by atoms with Crippen molar-refractivity contribution in [2.24, 2.45) is 0 Å². The van der Waals surface area contributed by atoms with E-state index in [0.29, 0.717) is 47.7 Å². The summed E-state index contributed by atoms with van der Waals surface area (Å²) in [6, 6.07) is 11.5. The van der Waals surface area contributed by atoms with Crippen LogP contribution in [-0.4, -0.2) is 43.6 Å². The molecule has 0 saturated carbocycles. The number of ether oxygens (including phenoxy) is 1. The highest BCUT2D eigenvalue weighted by atomic mass is 35.5. The molecule has 0 unspecified atom stereocenters. The first kappa shape index (κ1) is 17.8. The second kappa shape index (κ2) is 7.93. The van der Waals surface area contributed by atoms with E-state index in [2.05, 4.69) is 0 Å². The van der Waals surface area contributed by atoms with Crippen LogP contribution < -0.4 is 9.64 Å². The lowest BCUT2D eigenvalue weighted by molar-refractivity contribution is -0.133. The van der Waals surface area contributed by atoms with Gasteiger partial charge in [-0.2, -0.15) is 0 Å². The molecule has 1 amide bonds. The second-order valence-electron chi connectivity index (χ2n) is 5.68. The van der Waals surface area contributed by atoms with E-state index in [9.17, 15) is 9.18 Å². The summed E-state index contributed by atoms with van der Waals surface area (Å²) < 4.78 is 19.3. The highest BCUT2D eigenvalue weighted by Gasteiger charge is 2.23. The van der Waals surface area contributed by atoms with Crippen molar-refractivity contribution in [2.45, 2.75) is 0 Å². The van der Waals surface area contributed by atoms with E-state index in [4.69, 9.17) is 27.9 Å². The Balaban J connectivity index is 1.52. The minimum Gasteiger partial charge on any atom is -0.482 e. The lowest BCUT2D eigenvalue weighted by atomic mass is 10.2. The minimum atomic E-state index is -0.247. The highest BCUT2D eigenvalue weighted by molar-refractivity contribution is 6.35. The normalized spacial score (nSPS) is 14.5. The van der Waals surface area contributed by atoms with Crippen molar-refractivity contribution in [3.05, 3.63) is 58.3 Å². The van der Waals surface area contributed by atoms with E-state index >= 15 is 0 Å². The summed E-state index contributed by atoms with van der Waals surface area (Å²) in [5.74, 6) is 0.0478. The molecule has 0 aliphatic carbocycles. The number of hydrogen-bond donors (Lipinski definition) is 0. The number of rotatable bonds is 4. The zero-order chi connectivity index (χ0) is 17.8. The summed E-state index contributed by atoms with van der Waals surface area (Å²) in [4.78, 5) is 15.9. The molecule has 25 heavy (non-hydrogen) atoms. The fourth-order valence-corrected chi connectivity index (χ4v) is 3.19. The first-order valence-electron chi connectivity index (χ1n) is 7.89. The molecular formula is C18H17Cl2FN2O2. The van der Waals surface area contributed by atoms with E-state index in [0.717, 1.165) is 0 Å². The van der Waals surface area contributed by atoms with E-state index in [1.807, 2.05) is 4.90 Å². The smallest absolute Gasteiger partial charge is 0.260 e. The van der Waals surface area contributed by atoms with Crippen LogP contribution in [0.3, 0.4) is 0 Å². The Labute approximate surface area is 155 Å². The number of carbonyl (C=O) groups excluding carboxylic acids is 1. The van der Waals surface area contributed by atoms with E-state index in [1.54, 1.807) is 41.3 Å². The Kier molecular flexibility index (Phi) is 5.66. The Bertz CT molecular complexity index is 764. The molecule has 1 aliphatic heterocycles. The van der Waals surface area contributed by atoms with Gasteiger partial charge in [-0.1, -0.05) is 35.3 Å². The van der Waals surface area contributed by atoms with Gasteiger partial charge in [-0.3, -0.25) is 4.79 Å². The molecule has 3 rings (SSSR count). The topological polar surface area (TPSA) is 32.8 Å². The Morgan fingerprint density at radius 1 is 1.08 bits per heavy atom. The van der Waals surface area contributed by atoms with Gasteiger partial charge in [0.1, 0.15) is 11.6 Å². The van der Waals surface area contributed by atoms with Crippen LogP contribution in [0, 0.1) is 5.82 Å². The third-order valence-corrected chi connectivity index (χ3v) is 4.60. The zero-order valence-corrected chi connectivity index (χ0v) is 14.9. The molecule has 4 nitrogen and oxygen atoms in total. The summed E-state index contributed by atoms with van der Waals surface area (Å²) in [5.41, 5.74) is 0.568. The van der Waals surface area contributed by atoms with Gasteiger partial charge in [-0.25, -0.2) is 4.39 Å². The molecule has 1 fully saturated rings. The molecular weight excluding hydrogens is 366 g/mol. The molecule has 2 aromatic rings. The third kappa shape index (κ3) is 4.35. The summed E-state index contributed by atoms with van der Waals surface area (Å²) in [6.45, 7) is 2.10. The summed E-state index contributed by atoms with van der Waals surface area (Å²) in [5, 5.41) is 0.873. The number of hydrogen-bond acceptors (Lipinski definition) is 3. The molecule has 1 saturated heterocycles. The standard InChI is InChI=1S/C18H17Cl2FN2O2/c19-13-5-6-17(14(20)11-13)25-12-18(24)23-9-7-22(8-10-23)16-4-2-1-3-15(16)21/h1-6,11H,7-10,12H2. The zero-order valence-electron chi connectivity index (χ0n) is 13.4. The van der Waals surface area contributed by atoms with Crippen molar-refractivity contribution >= 4 is 34.8 Å². The maximum Gasteiger partial charge on any atom is 0.260 e. The van der Waals surface area contributed by atoms with Gasteiger partial charge in [-0.15, -0.1) is 0 Å². The molecule has 1 heterocycles. The fraction of sp³-hybridized carbons (Fsp3) is 0.278. The largest absolute Gasteiger partial charge is 0.482 e. The van der Waals surface area contributed by atoms with Crippen LogP contribution in [0.4, 0.5) is 10.1 Å². The molecule has 0 atom stereocenters. The molecule has 132 valence electrons. The van der Waals surface area contributed by atoms with Crippen LogP contribution in [-0.2, 0) is 4.79 Å². The van der Waals surface area contributed by atoms with Crippen molar-refractivity contribution in [1.29, 1.82) is 0 Å². The number of para-hydroxylation sites is 1. The van der Waals surface area contributed by atoms with Gasteiger partial charge in [0.15, 0.2) is 6.61 Å². The van der Waals surface area contributed by atoms with Gasteiger partial charge >= 0.3 is 0 Å². The molecule has 1 aliphatic rings. The molecule has 0 aromatic heterocycles. The van der Waals surface area contributed by atoms with Gasteiger partial charge in [0, 0.05) is 31.2 Å². The van der Waals surface area contributed by atoms with Crippen LogP contribution in [0.2, 0.25) is 10.0 Å². The Morgan fingerprint density at radius 2 is 1.80 bits per heavy atom. The average Bonchev–Trinajstić information content (AvgIpc) is 2.61. The van der Waals surface area contributed by atoms with Gasteiger partial charge in [0.05, 0.1) is 10.7 Å². The van der Waals surface area contributed by atoms with Crippen LogP contribution in [0.1, 0.15) is 0 Å². The Morgan fingerprint density at radius 3 is 2.48 bits per heavy atom. The van der Waals surface area contributed by atoms with Gasteiger partial charge < -0.3 is 14.5 Å². The number of amides is 1. The predicted molar refractivity (Wildman–Crippen MR) is 97.2 cm³/mol. The van der Waals surface area contributed by atoms with E-state index in [-0.39, 0.29) is 18.3 Å². The van der Waals surface area contributed by atoms with Crippen LogP contribution >= 0.6 is 23.2 Å². The van der Waals surface area contributed by atoms with E-state index < -0.39 is 0 Å². The SMILES string of the molecule is O=C(COc1ccc(Cl)cc1Cl)N1CCN(c2ccccc2F)CC1. The number of nitrogens with zero attached hydrogens (tertiary/aromatic N) is 2. The van der Waals surface area contributed by atoms with Crippen LogP contribution in [0.25, 0.3) is 0 Å². The first-order valence-corrected chi connectivity index (χ1v) is 8.65. The van der Waals surface area contributed by atoms with E-state index in [1.165, 1.54) is 6.07 Å². The van der Waals surface area contributed by atoms with Crippen molar-refractivity contribution in [2.75, 3.05) is 37.7 Å². The highest BCUT2D eigenvalue weighted by Crippen LogP contribution is 2.27. The average molecular weight is 383 g/mol. The lowest BCUT2D eigenvalue weighted by Gasteiger charge is -2.36. The molecule has 0 spiro atoms. The number of halogens is 3. The molecule has 7 heteroatoms. The number of carbonyl (C=O) groups is 1. The Hall–Kier alpha value is -1.98.